The van der Waals surface area contributed by atoms with E-state index in [0.29, 0.717) is 19.6 Å². The first kappa shape index (κ1) is 18.7. The summed E-state index contributed by atoms with van der Waals surface area (Å²) in [4.78, 5) is 0.956. The third kappa shape index (κ3) is 3.43. The molecule has 6 nitrogen and oxygen atoms in total. The number of fused-ring (bicyclic) bond motifs is 3. The van der Waals surface area contributed by atoms with Gasteiger partial charge in [0, 0.05) is 18.8 Å². The molecule has 5 rings (SSSR count). The second-order valence-corrected chi connectivity index (χ2v) is 8.14. The first-order valence-corrected chi connectivity index (χ1v) is 10.3. The number of aryl methyl sites for hydroxylation is 2. The Morgan fingerprint density at radius 3 is 2.77 bits per heavy atom. The molecule has 0 bridgehead atoms. The molecule has 0 radical (unpaired) electrons. The van der Waals surface area contributed by atoms with Crippen LogP contribution in [0.15, 0.2) is 36.7 Å². The Labute approximate surface area is 177 Å². The highest BCUT2D eigenvalue weighted by molar-refractivity contribution is 7.15. The predicted molar refractivity (Wildman–Crippen MR) is 111 cm³/mol. The fourth-order valence-electron chi connectivity index (χ4n) is 3.53. The molecular formula is C22H18FN5OS. The van der Waals surface area contributed by atoms with Gasteiger partial charge in [0.1, 0.15) is 23.2 Å². The van der Waals surface area contributed by atoms with Gasteiger partial charge in [-0.1, -0.05) is 24.0 Å². The van der Waals surface area contributed by atoms with Crippen LogP contribution in [0, 0.1) is 24.6 Å². The van der Waals surface area contributed by atoms with E-state index in [2.05, 4.69) is 31.7 Å². The normalized spacial score (nSPS) is 12.6. The molecule has 0 atom stereocenters. The minimum absolute atomic E-state index is 0.243. The molecule has 0 saturated carbocycles. The molecule has 0 N–H and O–H groups in total. The molecule has 4 aromatic rings. The van der Waals surface area contributed by atoms with Gasteiger partial charge in [0.05, 0.1) is 23.2 Å². The van der Waals surface area contributed by atoms with Crippen molar-refractivity contribution in [3.63, 3.8) is 0 Å². The van der Waals surface area contributed by atoms with Crippen LogP contribution in [0.1, 0.15) is 38.8 Å². The summed E-state index contributed by atoms with van der Waals surface area (Å²) in [5.74, 6) is 7.90. The lowest BCUT2D eigenvalue weighted by molar-refractivity contribution is 0.104. The van der Waals surface area contributed by atoms with Crippen molar-refractivity contribution in [1.82, 2.24) is 24.5 Å². The van der Waals surface area contributed by atoms with Gasteiger partial charge in [-0.3, -0.25) is 9.25 Å². The Hall–Kier alpha value is -3.28. The van der Waals surface area contributed by atoms with E-state index in [0.717, 1.165) is 43.8 Å². The van der Waals surface area contributed by atoms with Crippen LogP contribution >= 0.6 is 11.3 Å². The largest absolute Gasteiger partial charge is 0.369 e. The van der Waals surface area contributed by atoms with Crippen LogP contribution in [0.25, 0.3) is 5.00 Å². The third-order valence-electron chi connectivity index (χ3n) is 4.99. The summed E-state index contributed by atoms with van der Waals surface area (Å²) in [6.07, 6.45) is 4.27. The Balaban J connectivity index is 1.65. The van der Waals surface area contributed by atoms with E-state index in [9.17, 15) is 4.39 Å². The fourth-order valence-corrected chi connectivity index (χ4v) is 4.78. The van der Waals surface area contributed by atoms with Crippen LogP contribution in [0.3, 0.4) is 0 Å². The number of hydrogen-bond donors (Lipinski definition) is 0. The van der Waals surface area contributed by atoms with Crippen molar-refractivity contribution in [3.8, 4) is 16.8 Å². The first-order valence-electron chi connectivity index (χ1n) is 9.47. The molecule has 0 unspecified atom stereocenters. The lowest BCUT2D eigenvalue weighted by Gasteiger charge is -2.07. The molecule has 1 aliphatic rings. The minimum atomic E-state index is -0.243. The molecule has 3 aromatic heterocycles. The molecule has 0 aliphatic carbocycles. The molecule has 1 aliphatic heterocycles. The topological polar surface area (TPSA) is 57.8 Å². The molecular weight excluding hydrogens is 401 g/mol. The highest BCUT2D eigenvalue weighted by Crippen LogP contribution is 2.36. The number of rotatable bonds is 2. The summed E-state index contributed by atoms with van der Waals surface area (Å²) in [6, 6.07) is 6.59. The van der Waals surface area contributed by atoms with Crippen molar-refractivity contribution in [2.45, 2.75) is 26.6 Å². The average molecular weight is 419 g/mol. The lowest BCUT2D eigenvalue weighted by Crippen LogP contribution is -2.00. The van der Waals surface area contributed by atoms with Crippen molar-refractivity contribution in [2.75, 3.05) is 0 Å². The lowest BCUT2D eigenvalue weighted by atomic mass is 10.0. The van der Waals surface area contributed by atoms with Gasteiger partial charge in [0.2, 0.25) is 0 Å². The Bertz CT molecular complexity index is 1290. The number of aromatic nitrogens is 5. The van der Waals surface area contributed by atoms with Gasteiger partial charge in [0.15, 0.2) is 5.82 Å². The first-order chi connectivity index (χ1) is 14.6. The van der Waals surface area contributed by atoms with E-state index in [1.807, 2.05) is 32.3 Å². The molecule has 0 amide bonds. The summed E-state index contributed by atoms with van der Waals surface area (Å²) < 4.78 is 23.1. The molecule has 0 fully saturated rings. The van der Waals surface area contributed by atoms with Gasteiger partial charge in [-0.25, -0.2) is 4.39 Å². The summed E-state index contributed by atoms with van der Waals surface area (Å²) in [5.41, 5.74) is 4.05. The number of ether oxygens (including phenoxy) is 1. The van der Waals surface area contributed by atoms with E-state index >= 15 is 0 Å². The number of thiophene rings is 1. The summed E-state index contributed by atoms with van der Waals surface area (Å²) in [6.45, 7) is 2.82. The zero-order valence-corrected chi connectivity index (χ0v) is 17.3. The van der Waals surface area contributed by atoms with Crippen LogP contribution in [-0.4, -0.2) is 24.5 Å². The zero-order chi connectivity index (χ0) is 20.7. The number of halogens is 1. The van der Waals surface area contributed by atoms with Crippen LogP contribution in [0.5, 0.6) is 0 Å². The van der Waals surface area contributed by atoms with E-state index in [1.165, 1.54) is 12.1 Å². The molecule has 0 spiro atoms. The predicted octanol–water partition coefficient (Wildman–Crippen LogP) is 3.53. The van der Waals surface area contributed by atoms with Gasteiger partial charge in [-0.2, -0.15) is 5.10 Å². The van der Waals surface area contributed by atoms with Crippen molar-refractivity contribution >= 4 is 11.3 Å². The standard InChI is InChI=1S/C22H18FN5OS/c1-14-25-26-21-13-29-12-19-18(9-15-3-6-17(23)7-4-15)20(30-22(19)28(14)21)8-5-16-10-24-27(2)11-16/h3-4,6-7,10-11H,9,12-13H2,1-2H3. The Kier molecular flexibility index (Phi) is 4.69. The van der Waals surface area contributed by atoms with Crippen LogP contribution in [0.4, 0.5) is 4.39 Å². The summed E-state index contributed by atoms with van der Waals surface area (Å²) in [5, 5.41) is 13.7. The average Bonchev–Trinajstić information content (AvgIpc) is 3.37. The van der Waals surface area contributed by atoms with Gasteiger partial charge in [-0.15, -0.1) is 21.5 Å². The molecule has 30 heavy (non-hydrogen) atoms. The molecule has 8 heteroatoms. The SMILES string of the molecule is Cc1nnc2n1-c1sc(C#Cc3cnn(C)c3)c(Cc3ccc(F)cc3)c1COC2. The van der Waals surface area contributed by atoms with Gasteiger partial charge in [0.25, 0.3) is 0 Å². The fraction of sp³-hybridized carbons (Fsp3) is 0.227. The van der Waals surface area contributed by atoms with E-state index < -0.39 is 0 Å². The maximum atomic E-state index is 13.4. The van der Waals surface area contributed by atoms with Crippen molar-refractivity contribution in [1.29, 1.82) is 0 Å². The second kappa shape index (κ2) is 7.52. The van der Waals surface area contributed by atoms with Crippen molar-refractivity contribution in [3.05, 3.63) is 81.3 Å². The van der Waals surface area contributed by atoms with Gasteiger partial charge < -0.3 is 4.74 Å². The molecule has 1 aromatic carbocycles. The highest BCUT2D eigenvalue weighted by atomic mass is 32.1. The van der Waals surface area contributed by atoms with Crippen LogP contribution in [0.2, 0.25) is 0 Å². The van der Waals surface area contributed by atoms with E-state index in [4.69, 9.17) is 4.74 Å². The third-order valence-corrected chi connectivity index (χ3v) is 6.16. The molecule has 150 valence electrons. The van der Waals surface area contributed by atoms with Crippen molar-refractivity contribution < 1.29 is 9.13 Å². The van der Waals surface area contributed by atoms with E-state index in [-0.39, 0.29) is 5.82 Å². The van der Waals surface area contributed by atoms with Gasteiger partial charge >= 0.3 is 0 Å². The quantitative estimate of drug-likeness (QED) is 0.467. The number of hydrogen-bond acceptors (Lipinski definition) is 5. The number of nitrogens with zero attached hydrogens (tertiary/aromatic N) is 5. The van der Waals surface area contributed by atoms with Gasteiger partial charge in [-0.05, 0) is 36.6 Å². The minimum Gasteiger partial charge on any atom is -0.369 e. The molecule has 4 heterocycles. The molecule has 0 saturated heterocycles. The van der Waals surface area contributed by atoms with Crippen LogP contribution < -0.4 is 0 Å². The summed E-state index contributed by atoms with van der Waals surface area (Å²) in [7, 11) is 1.87. The monoisotopic (exact) mass is 419 g/mol. The number of benzene rings is 1. The maximum absolute atomic E-state index is 13.4. The Morgan fingerprint density at radius 2 is 2.00 bits per heavy atom. The van der Waals surface area contributed by atoms with E-state index in [1.54, 1.807) is 22.2 Å². The summed E-state index contributed by atoms with van der Waals surface area (Å²) >= 11 is 1.61. The second-order valence-electron chi connectivity index (χ2n) is 7.14. The van der Waals surface area contributed by atoms with Crippen molar-refractivity contribution in [2.24, 2.45) is 7.05 Å². The smallest absolute Gasteiger partial charge is 0.164 e. The maximum Gasteiger partial charge on any atom is 0.164 e. The zero-order valence-electron chi connectivity index (χ0n) is 16.5. The highest BCUT2D eigenvalue weighted by Gasteiger charge is 2.25. The Morgan fingerprint density at radius 1 is 1.17 bits per heavy atom. The van der Waals surface area contributed by atoms with Crippen LogP contribution in [-0.2, 0) is 31.4 Å².